The van der Waals surface area contributed by atoms with E-state index in [0.29, 0.717) is 12.0 Å². The maximum Gasteiger partial charge on any atom is 0.417 e. The summed E-state index contributed by atoms with van der Waals surface area (Å²) in [5.74, 6) is -1.60. The Kier molecular flexibility index (Phi) is 12.6. The number of hydrogen-bond donors (Lipinski definition) is 2. The van der Waals surface area contributed by atoms with Crippen LogP contribution in [-0.2, 0) is 17.4 Å². The molecule has 11 heteroatoms. The van der Waals surface area contributed by atoms with Crippen molar-refractivity contribution in [3.63, 3.8) is 0 Å². The number of benzene rings is 3. The highest BCUT2D eigenvalue weighted by Gasteiger charge is 2.33. The minimum absolute atomic E-state index is 0.0713. The lowest BCUT2D eigenvalue weighted by atomic mass is 10.1. The molecule has 1 atom stereocenters. The second-order valence-corrected chi connectivity index (χ2v) is 7.84. The van der Waals surface area contributed by atoms with E-state index in [2.05, 4.69) is 5.32 Å². The smallest absolute Gasteiger partial charge is 0.388 e. The van der Waals surface area contributed by atoms with Gasteiger partial charge in [0.2, 0.25) is 0 Å². The SMILES string of the molecule is CNc1ccc(C#N)c(C(F)(F)F)c1.CSc1ccc(F)cc1.O=CC(O)Cc1cc(F)cc(F)c1. The van der Waals surface area contributed by atoms with Crippen molar-refractivity contribution in [3.8, 4) is 6.07 Å². The van der Waals surface area contributed by atoms with Gasteiger partial charge in [-0.15, -0.1) is 11.8 Å². The third kappa shape index (κ3) is 10.8. The lowest BCUT2D eigenvalue weighted by molar-refractivity contribution is -0.137. The van der Waals surface area contributed by atoms with Crippen LogP contribution in [0.15, 0.2) is 65.6 Å². The van der Waals surface area contributed by atoms with Gasteiger partial charge in [-0.05, 0) is 66.4 Å². The van der Waals surface area contributed by atoms with Crippen LogP contribution in [0.3, 0.4) is 0 Å². The van der Waals surface area contributed by atoms with Crippen molar-refractivity contribution < 1.29 is 36.2 Å². The van der Waals surface area contributed by atoms with Crippen LogP contribution < -0.4 is 5.32 Å². The molecule has 0 heterocycles. The van der Waals surface area contributed by atoms with Gasteiger partial charge in [-0.2, -0.15) is 18.4 Å². The summed E-state index contributed by atoms with van der Waals surface area (Å²) in [6, 6.07) is 14.3. The molecule has 0 radical (unpaired) electrons. The first kappa shape index (κ1) is 30.5. The van der Waals surface area contributed by atoms with E-state index >= 15 is 0 Å². The number of alkyl halides is 3. The van der Waals surface area contributed by atoms with Crippen molar-refractivity contribution in [2.24, 2.45) is 0 Å². The number of aliphatic hydroxyl groups is 1. The number of rotatable bonds is 5. The van der Waals surface area contributed by atoms with Crippen molar-refractivity contribution in [2.45, 2.75) is 23.6 Å². The Morgan fingerprint density at radius 3 is 2.03 bits per heavy atom. The normalized spacial score (nSPS) is 11.1. The number of thioether (sulfide) groups is 1. The second-order valence-electron chi connectivity index (χ2n) is 6.96. The fraction of sp³-hybridized carbons (Fsp3) is 0.200. The molecule has 3 rings (SSSR count). The number of halogens is 6. The molecule has 1 unspecified atom stereocenters. The van der Waals surface area contributed by atoms with Crippen LogP contribution in [0.5, 0.6) is 0 Å². The van der Waals surface area contributed by atoms with Gasteiger partial charge in [0, 0.05) is 30.1 Å². The lowest BCUT2D eigenvalue weighted by Crippen LogP contribution is -2.11. The van der Waals surface area contributed by atoms with Gasteiger partial charge in [-0.25, -0.2) is 13.2 Å². The molecule has 4 nitrogen and oxygen atoms in total. The molecular formula is C25H22F6N2O2S. The van der Waals surface area contributed by atoms with Gasteiger partial charge in [-0.1, -0.05) is 0 Å². The van der Waals surface area contributed by atoms with E-state index in [9.17, 15) is 31.1 Å². The molecule has 3 aromatic rings. The summed E-state index contributed by atoms with van der Waals surface area (Å²) in [5, 5.41) is 19.9. The van der Waals surface area contributed by atoms with E-state index in [-0.39, 0.29) is 23.4 Å². The molecule has 192 valence electrons. The van der Waals surface area contributed by atoms with E-state index in [1.807, 2.05) is 6.26 Å². The first-order valence-electron chi connectivity index (χ1n) is 10.1. The quantitative estimate of drug-likeness (QED) is 0.233. The molecule has 2 N–H and O–H groups in total. The summed E-state index contributed by atoms with van der Waals surface area (Å²) < 4.78 is 74.5. The molecule has 3 aromatic carbocycles. The molecule has 0 bridgehead atoms. The van der Waals surface area contributed by atoms with Gasteiger partial charge < -0.3 is 15.2 Å². The number of anilines is 1. The molecule has 0 amide bonds. The fourth-order valence-corrected chi connectivity index (χ4v) is 3.03. The maximum atomic E-state index is 12.6. The van der Waals surface area contributed by atoms with Gasteiger partial charge in [0.1, 0.15) is 29.8 Å². The van der Waals surface area contributed by atoms with Crippen molar-refractivity contribution in [1.82, 2.24) is 0 Å². The monoisotopic (exact) mass is 528 g/mol. The topological polar surface area (TPSA) is 73.1 Å². The summed E-state index contributed by atoms with van der Waals surface area (Å²) in [6.45, 7) is 0. The highest BCUT2D eigenvalue weighted by Crippen LogP contribution is 2.33. The van der Waals surface area contributed by atoms with Crippen LogP contribution in [0.2, 0.25) is 0 Å². The lowest BCUT2D eigenvalue weighted by Gasteiger charge is -2.10. The summed E-state index contributed by atoms with van der Waals surface area (Å²) in [4.78, 5) is 11.1. The molecule has 0 fully saturated rings. The van der Waals surface area contributed by atoms with Crippen molar-refractivity contribution in [2.75, 3.05) is 18.6 Å². The molecule has 0 aromatic heterocycles. The number of carbonyl (C=O) groups is 1. The van der Waals surface area contributed by atoms with Crippen LogP contribution >= 0.6 is 11.8 Å². The Morgan fingerprint density at radius 2 is 1.58 bits per heavy atom. The van der Waals surface area contributed by atoms with E-state index < -0.39 is 29.5 Å². The van der Waals surface area contributed by atoms with Gasteiger partial charge in [0.05, 0.1) is 17.2 Å². The van der Waals surface area contributed by atoms with Gasteiger partial charge in [0.15, 0.2) is 0 Å². The number of aliphatic hydroxyl groups excluding tert-OH is 1. The summed E-state index contributed by atoms with van der Waals surface area (Å²) in [6.07, 6.45) is -3.48. The van der Waals surface area contributed by atoms with Crippen LogP contribution in [0.1, 0.15) is 16.7 Å². The third-order valence-corrected chi connectivity index (χ3v) is 5.05. The highest BCUT2D eigenvalue weighted by molar-refractivity contribution is 7.98. The average Bonchev–Trinajstić information content (AvgIpc) is 2.83. The van der Waals surface area contributed by atoms with Crippen LogP contribution in [0.4, 0.5) is 32.0 Å². The number of nitriles is 1. The Bertz CT molecular complexity index is 1140. The first-order chi connectivity index (χ1) is 16.9. The minimum atomic E-state index is -4.49. The zero-order valence-corrected chi connectivity index (χ0v) is 19.9. The standard InChI is InChI=1S/C9H7F3N2.C9H8F2O2.C7H7FS/c1-14-7-3-2-6(5-13)8(4-7)9(10,11)12;10-7-1-6(2-8(11)4-7)3-9(13)5-12;1-9-7-4-2-6(8)3-5-7/h2-4,14H,1H3;1-2,4-5,9,13H,3H2;2-5H,1H3. The van der Waals surface area contributed by atoms with E-state index in [4.69, 9.17) is 10.4 Å². The van der Waals surface area contributed by atoms with Crippen molar-refractivity contribution in [3.05, 3.63) is 94.8 Å². The van der Waals surface area contributed by atoms with Crippen LogP contribution in [-0.4, -0.2) is 30.8 Å². The fourth-order valence-electron chi connectivity index (χ4n) is 2.62. The van der Waals surface area contributed by atoms with Crippen molar-refractivity contribution >= 4 is 23.7 Å². The Labute approximate surface area is 208 Å². The Balaban J connectivity index is 0.000000276. The largest absolute Gasteiger partial charge is 0.417 e. The number of carbonyl (C=O) groups excluding carboxylic acids is 1. The molecular weight excluding hydrogens is 506 g/mol. The van der Waals surface area contributed by atoms with E-state index in [1.54, 1.807) is 23.9 Å². The van der Waals surface area contributed by atoms with Crippen molar-refractivity contribution in [1.29, 1.82) is 5.26 Å². The van der Waals surface area contributed by atoms with E-state index in [1.165, 1.54) is 31.3 Å². The zero-order chi connectivity index (χ0) is 27.3. The Morgan fingerprint density at radius 1 is 1.00 bits per heavy atom. The predicted molar refractivity (Wildman–Crippen MR) is 126 cm³/mol. The second kappa shape index (κ2) is 14.8. The molecule has 0 spiro atoms. The third-order valence-electron chi connectivity index (χ3n) is 4.31. The first-order valence-corrected chi connectivity index (χ1v) is 11.3. The summed E-state index contributed by atoms with van der Waals surface area (Å²) in [7, 11) is 1.52. The number of nitrogens with one attached hydrogen (secondary N) is 1. The van der Waals surface area contributed by atoms with Gasteiger partial charge in [-0.3, -0.25) is 0 Å². The number of aldehydes is 1. The Hall–Kier alpha value is -3.49. The molecule has 0 aliphatic carbocycles. The molecule has 0 aliphatic rings. The molecule has 0 saturated heterocycles. The zero-order valence-electron chi connectivity index (χ0n) is 19.1. The average molecular weight is 529 g/mol. The van der Waals surface area contributed by atoms with Gasteiger partial charge >= 0.3 is 6.18 Å². The highest BCUT2D eigenvalue weighted by atomic mass is 32.2. The number of nitrogens with zero attached hydrogens (tertiary/aromatic N) is 1. The minimum Gasteiger partial charge on any atom is -0.388 e. The van der Waals surface area contributed by atoms with Crippen LogP contribution in [0.25, 0.3) is 0 Å². The maximum absolute atomic E-state index is 12.6. The molecule has 0 aliphatic heterocycles. The summed E-state index contributed by atoms with van der Waals surface area (Å²) in [5.41, 5.74) is -0.684. The van der Waals surface area contributed by atoms with Crippen LogP contribution in [0, 0.1) is 28.8 Å². The molecule has 36 heavy (non-hydrogen) atoms. The summed E-state index contributed by atoms with van der Waals surface area (Å²) >= 11 is 1.61. The number of hydrogen-bond acceptors (Lipinski definition) is 5. The predicted octanol–water partition coefficient (Wildman–Crippen LogP) is 6.23. The molecule has 0 saturated carbocycles. The van der Waals surface area contributed by atoms with E-state index in [0.717, 1.165) is 35.2 Å². The van der Waals surface area contributed by atoms with Gasteiger partial charge in [0.25, 0.3) is 0 Å².